The number of ether oxygens (including phenoxy) is 1. The minimum atomic E-state index is 0.197. The number of fused-ring (bicyclic) bond motifs is 2. The van der Waals surface area contributed by atoms with Crippen LogP contribution < -0.4 is 10.1 Å². The lowest BCUT2D eigenvalue weighted by Crippen LogP contribution is -1.98. The summed E-state index contributed by atoms with van der Waals surface area (Å²) in [5.74, 6) is 0.963. The minimum absolute atomic E-state index is 0.197. The molecule has 0 amide bonds. The summed E-state index contributed by atoms with van der Waals surface area (Å²) in [6, 6.07) is 40.3. The average molecular weight is 495 g/mol. The van der Waals surface area contributed by atoms with E-state index in [1.54, 1.807) is 25.5 Å². The molecular weight excluding hydrogens is 468 g/mol. The monoisotopic (exact) mass is 494 g/mol. The lowest BCUT2D eigenvalue weighted by Gasteiger charge is -2.19. The van der Waals surface area contributed by atoms with Crippen molar-refractivity contribution in [2.75, 3.05) is 12.4 Å². The first-order valence-electron chi connectivity index (χ1n) is 12.5. The zero-order valence-electron chi connectivity index (χ0n) is 20.9. The number of methoxy groups -OCH3 is 1. The van der Waals surface area contributed by atoms with Gasteiger partial charge >= 0.3 is 0 Å². The van der Waals surface area contributed by atoms with E-state index in [1.807, 2.05) is 48.5 Å². The van der Waals surface area contributed by atoms with Gasteiger partial charge in [-0.3, -0.25) is 4.99 Å². The molecule has 184 valence electrons. The number of nitrogens with zero attached hydrogens (tertiary/aromatic N) is 1. The molecule has 0 bridgehead atoms. The Labute approximate surface area is 221 Å². The third-order valence-corrected chi connectivity index (χ3v) is 6.74. The van der Waals surface area contributed by atoms with Crippen LogP contribution in [0.25, 0.3) is 32.7 Å². The van der Waals surface area contributed by atoms with Crippen LogP contribution in [0.1, 0.15) is 5.56 Å². The van der Waals surface area contributed by atoms with Crippen molar-refractivity contribution < 1.29 is 9.84 Å². The molecule has 0 saturated heterocycles. The second kappa shape index (κ2) is 10.1. The molecule has 0 radical (unpaired) electrons. The van der Waals surface area contributed by atoms with E-state index in [-0.39, 0.29) is 5.75 Å². The second-order valence-electron chi connectivity index (χ2n) is 9.03. The van der Waals surface area contributed by atoms with E-state index in [9.17, 15) is 5.11 Å². The number of aromatic hydroxyl groups is 1. The fraction of sp³-hybridized carbons (Fsp3) is 0.0294. The van der Waals surface area contributed by atoms with E-state index in [0.29, 0.717) is 5.56 Å². The van der Waals surface area contributed by atoms with E-state index in [1.165, 1.54) is 0 Å². The van der Waals surface area contributed by atoms with Gasteiger partial charge in [-0.25, -0.2) is 0 Å². The Morgan fingerprint density at radius 1 is 0.632 bits per heavy atom. The molecule has 4 heteroatoms. The Kier molecular flexibility index (Phi) is 6.20. The van der Waals surface area contributed by atoms with Crippen molar-refractivity contribution in [3.8, 4) is 22.6 Å². The first-order chi connectivity index (χ1) is 18.7. The number of phenolic OH excluding ortho intramolecular Hbond substituents is 1. The van der Waals surface area contributed by atoms with Gasteiger partial charge in [-0.15, -0.1) is 0 Å². The lowest BCUT2D eigenvalue weighted by molar-refractivity contribution is 0.417. The summed E-state index contributed by atoms with van der Waals surface area (Å²) in [4.78, 5) is 4.92. The molecule has 0 atom stereocenters. The van der Waals surface area contributed by atoms with E-state index in [4.69, 9.17) is 9.73 Å². The van der Waals surface area contributed by atoms with Gasteiger partial charge in [0.05, 0.1) is 18.5 Å². The predicted molar refractivity (Wildman–Crippen MR) is 159 cm³/mol. The number of aliphatic imine (C=N–C) groups is 1. The fourth-order valence-electron chi connectivity index (χ4n) is 4.90. The van der Waals surface area contributed by atoms with Gasteiger partial charge in [0.15, 0.2) is 0 Å². The smallest absolute Gasteiger partial charge is 0.142 e. The standard InChI is InChI=1S/C34H26N2O2/c1-38-32-17-9-7-15-28(32)36-30-21-19-24-11-3-6-14-27(24)34(30)33-26-13-5-2-10-23(26)18-20-29(33)35-22-25-12-4-8-16-31(25)37/h2-22,36-37H,1H3. The molecule has 0 aliphatic rings. The third kappa shape index (κ3) is 4.33. The number of hydrogen-bond acceptors (Lipinski definition) is 4. The third-order valence-electron chi connectivity index (χ3n) is 6.74. The molecule has 6 aromatic rings. The van der Waals surface area contributed by atoms with Crippen LogP contribution in [0, 0.1) is 0 Å². The number of hydrogen-bond donors (Lipinski definition) is 2. The Balaban J connectivity index is 1.64. The molecule has 0 unspecified atom stereocenters. The van der Waals surface area contributed by atoms with Gasteiger partial charge in [-0.1, -0.05) is 84.9 Å². The fourth-order valence-corrected chi connectivity index (χ4v) is 4.90. The molecule has 6 aromatic carbocycles. The van der Waals surface area contributed by atoms with Gasteiger partial charge in [0.25, 0.3) is 0 Å². The quantitative estimate of drug-likeness (QED) is 0.227. The maximum atomic E-state index is 10.3. The van der Waals surface area contributed by atoms with E-state index >= 15 is 0 Å². The van der Waals surface area contributed by atoms with Crippen LogP contribution in [0.3, 0.4) is 0 Å². The average Bonchev–Trinajstić information content (AvgIpc) is 2.97. The maximum absolute atomic E-state index is 10.3. The Bertz CT molecular complexity index is 1810. The van der Waals surface area contributed by atoms with Gasteiger partial charge < -0.3 is 15.2 Å². The second-order valence-corrected chi connectivity index (χ2v) is 9.03. The Hall–Kier alpha value is -5.09. The number of nitrogens with one attached hydrogen (secondary N) is 1. The van der Waals surface area contributed by atoms with Crippen LogP contribution >= 0.6 is 0 Å². The van der Waals surface area contributed by atoms with Gasteiger partial charge in [-0.2, -0.15) is 0 Å². The summed E-state index contributed by atoms with van der Waals surface area (Å²) in [5, 5.41) is 18.4. The largest absolute Gasteiger partial charge is 0.507 e. The number of phenols is 1. The summed E-state index contributed by atoms with van der Waals surface area (Å²) < 4.78 is 5.63. The molecule has 2 N–H and O–H groups in total. The number of benzene rings is 6. The van der Waals surface area contributed by atoms with Crippen molar-refractivity contribution in [3.05, 3.63) is 127 Å². The van der Waals surface area contributed by atoms with Crippen molar-refractivity contribution in [1.29, 1.82) is 0 Å². The molecule has 0 aromatic heterocycles. The van der Waals surface area contributed by atoms with Crippen LogP contribution in [-0.4, -0.2) is 18.4 Å². The minimum Gasteiger partial charge on any atom is -0.507 e. The van der Waals surface area contributed by atoms with Crippen LogP contribution in [0.4, 0.5) is 17.1 Å². The summed E-state index contributed by atoms with van der Waals surface area (Å²) in [5.41, 5.74) is 5.37. The van der Waals surface area contributed by atoms with E-state index < -0.39 is 0 Å². The lowest BCUT2D eigenvalue weighted by atomic mass is 9.91. The summed E-state index contributed by atoms with van der Waals surface area (Å²) >= 11 is 0. The number of para-hydroxylation sites is 3. The molecule has 6 rings (SSSR count). The number of anilines is 2. The molecule has 4 nitrogen and oxygen atoms in total. The topological polar surface area (TPSA) is 53.8 Å². The summed E-state index contributed by atoms with van der Waals surface area (Å²) in [6.07, 6.45) is 1.72. The van der Waals surface area contributed by atoms with Crippen molar-refractivity contribution in [2.45, 2.75) is 0 Å². The van der Waals surface area contributed by atoms with Gasteiger partial charge in [-0.05, 0) is 57.9 Å². The van der Waals surface area contributed by atoms with Crippen molar-refractivity contribution in [1.82, 2.24) is 0 Å². The SMILES string of the molecule is COc1ccccc1Nc1ccc2ccccc2c1-c1c(N=Cc2ccccc2O)ccc2ccccc12. The highest BCUT2D eigenvalue weighted by Crippen LogP contribution is 2.45. The summed E-state index contributed by atoms with van der Waals surface area (Å²) in [7, 11) is 1.68. The molecule has 0 saturated carbocycles. The zero-order valence-corrected chi connectivity index (χ0v) is 20.9. The van der Waals surface area contributed by atoms with Crippen molar-refractivity contribution >= 4 is 44.8 Å². The highest BCUT2D eigenvalue weighted by Gasteiger charge is 2.18. The number of rotatable bonds is 6. The molecular formula is C34H26N2O2. The van der Waals surface area contributed by atoms with Gasteiger partial charge in [0.2, 0.25) is 0 Å². The van der Waals surface area contributed by atoms with Crippen LogP contribution in [0.5, 0.6) is 11.5 Å². The Morgan fingerprint density at radius 2 is 1.26 bits per heavy atom. The maximum Gasteiger partial charge on any atom is 0.142 e. The Morgan fingerprint density at radius 3 is 2.03 bits per heavy atom. The highest BCUT2D eigenvalue weighted by atomic mass is 16.5. The van der Waals surface area contributed by atoms with Crippen LogP contribution in [-0.2, 0) is 0 Å². The zero-order chi connectivity index (χ0) is 25.9. The normalized spacial score (nSPS) is 11.3. The summed E-state index contributed by atoms with van der Waals surface area (Å²) in [6.45, 7) is 0. The molecule has 38 heavy (non-hydrogen) atoms. The molecule has 0 aliphatic heterocycles. The van der Waals surface area contributed by atoms with Crippen molar-refractivity contribution in [3.63, 3.8) is 0 Å². The predicted octanol–water partition coefficient (Wildman–Crippen LogP) is 8.87. The highest BCUT2D eigenvalue weighted by molar-refractivity contribution is 6.14. The molecule has 0 spiro atoms. The van der Waals surface area contributed by atoms with Crippen LogP contribution in [0.2, 0.25) is 0 Å². The molecule has 0 heterocycles. The molecule has 0 fully saturated rings. The van der Waals surface area contributed by atoms with E-state index in [0.717, 1.165) is 55.5 Å². The molecule has 0 aliphatic carbocycles. The first-order valence-corrected chi connectivity index (χ1v) is 12.5. The van der Waals surface area contributed by atoms with E-state index in [2.05, 4.69) is 66.0 Å². The van der Waals surface area contributed by atoms with Gasteiger partial charge in [0, 0.05) is 28.6 Å². The first kappa shape index (κ1) is 23.3. The van der Waals surface area contributed by atoms with Gasteiger partial charge in [0.1, 0.15) is 11.5 Å². The van der Waals surface area contributed by atoms with Crippen LogP contribution in [0.15, 0.2) is 126 Å². The van der Waals surface area contributed by atoms with Crippen molar-refractivity contribution in [2.24, 2.45) is 4.99 Å².